The molecule has 1 aromatic carbocycles. The number of nitrogens with one attached hydrogen (secondary N) is 1. The lowest BCUT2D eigenvalue weighted by Crippen LogP contribution is -2.00. The highest BCUT2D eigenvalue weighted by Crippen LogP contribution is 2.38. The molecule has 0 aliphatic carbocycles. The first-order chi connectivity index (χ1) is 12.1. The Morgan fingerprint density at radius 1 is 1.00 bits per heavy atom. The molecule has 0 unspecified atom stereocenters. The molecule has 0 radical (unpaired) electrons. The van der Waals surface area contributed by atoms with E-state index >= 15 is 0 Å². The maximum Gasteiger partial charge on any atom is 0.347 e. The third-order valence-electron chi connectivity index (χ3n) is 4.09. The van der Waals surface area contributed by atoms with E-state index in [1.54, 1.807) is 25.4 Å². The highest BCUT2D eigenvalue weighted by molar-refractivity contribution is 6.00. The largest absolute Gasteiger partial charge is 0.439 e. The summed E-state index contributed by atoms with van der Waals surface area (Å²) in [5, 5.41) is 3.73. The van der Waals surface area contributed by atoms with Crippen LogP contribution in [0.2, 0.25) is 0 Å². The number of furan rings is 1. The number of aryl methyl sites for hydroxylation is 2. The van der Waals surface area contributed by atoms with Gasteiger partial charge in [-0.05, 0) is 43.2 Å². The molecule has 3 heterocycles. The van der Waals surface area contributed by atoms with Crippen LogP contribution in [0.4, 0.5) is 11.6 Å². The molecule has 1 N–H and O–H groups in total. The fourth-order valence-corrected chi connectivity index (χ4v) is 2.88. The van der Waals surface area contributed by atoms with Crippen molar-refractivity contribution in [1.82, 2.24) is 4.98 Å². The number of benzene rings is 1. The second-order valence-electron chi connectivity index (χ2n) is 5.87. The molecule has 3 aromatic heterocycles. The number of pyridine rings is 1. The maximum absolute atomic E-state index is 12.5. The quantitative estimate of drug-likeness (QED) is 0.583. The molecule has 4 rings (SSSR count). The van der Waals surface area contributed by atoms with E-state index < -0.39 is 5.63 Å². The lowest BCUT2D eigenvalue weighted by molar-refractivity contribution is 0.485. The van der Waals surface area contributed by atoms with E-state index in [4.69, 9.17) is 8.83 Å². The Hall–Kier alpha value is -3.34. The second-order valence-corrected chi connectivity index (χ2v) is 5.87. The standard InChI is InChI=1S/C20H16N2O3/c1-12-5-3-4-6-15(12)22-19-17(14-7-9-21-10-8-14)18-16(25-19)11-13(2)24-20(18)23/h3-11,22H,1-2H3. The van der Waals surface area contributed by atoms with Crippen molar-refractivity contribution in [3.05, 3.63) is 76.6 Å². The van der Waals surface area contributed by atoms with Gasteiger partial charge in [-0.3, -0.25) is 4.98 Å². The molecule has 5 heteroatoms. The van der Waals surface area contributed by atoms with Crippen LogP contribution < -0.4 is 10.9 Å². The summed E-state index contributed by atoms with van der Waals surface area (Å²) in [6.07, 6.45) is 3.36. The number of rotatable bonds is 3. The number of para-hydroxylation sites is 1. The van der Waals surface area contributed by atoms with Gasteiger partial charge in [-0.25, -0.2) is 4.79 Å². The number of hydrogen-bond acceptors (Lipinski definition) is 5. The van der Waals surface area contributed by atoms with E-state index in [0.29, 0.717) is 28.2 Å². The van der Waals surface area contributed by atoms with Gasteiger partial charge < -0.3 is 14.2 Å². The van der Waals surface area contributed by atoms with Crippen LogP contribution in [0.1, 0.15) is 11.3 Å². The second kappa shape index (κ2) is 5.94. The first-order valence-corrected chi connectivity index (χ1v) is 7.94. The van der Waals surface area contributed by atoms with Gasteiger partial charge in [-0.1, -0.05) is 18.2 Å². The zero-order valence-corrected chi connectivity index (χ0v) is 13.9. The van der Waals surface area contributed by atoms with E-state index in [1.165, 1.54) is 0 Å². The third-order valence-corrected chi connectivity index (χ3v) is 4.09. The van der Waals surface area contributed by atoms with Crippen LogP contribution in [0.5, 0.6) is 0 Å². The Kier molecular flexibility index (Phi) is 3.61. The summed E-state index contributed by atoms with van der Waals surface area (Å²) in [6.45, 7) is 3.74. The van der Waals surface area contributed by atoms with Crippen LogP contribution in [-0.4, -0.2) is 4.98 Å². The molecule has 0 bridgehead atoms. The molecule has 0 amide bonds. The van der Waals surface area contributed by atoms with Crippen LogP contribution >= 0.6 is 0 Å². The van der Waals surface area contributed by atoms with Crippen molar-refractivity contribution in [1.29, 1.82) is 0 Å². The van der Waals surface area contributed by atoms with Gasteiger partial charge in [0.2, 0.25) is 5.88 Å². The minimum absolute atomic E-state index is 0.414. The van der Waals surface area contributed by atoms with E-state index in [1.807, 2.05) is 43.3 Å². The average molecular weight is 332 g/mol. The monoisotopic (exact) mass is 332 g/mol. The minimum Gasteiger partial charge on any atom is -0.439 e. The SMILES string of the molecule is Cc1cc2oc(Nc3ccccc3C)c(-c3ccncc3)c2c(=O)o1. The van der Waals surface area contributed by atoms with E-state index in [-0.39, 0.29) is 0 Å². The van der Waals surface area contributed by atoms with Crippen LogP contribution in [0.15, 0.2) is 68.5 Å². The Bertz CT molecular complexity index is 1110. The van der Waals surface area contributed by atoms with Crippen molar-refractivity contribution in [3.8, 4) is 11.1 Å². The molecule has 25 heavy (non-hydrogen) atoms. The number of nitrogens with zero attached hydrogens (tertiary/aromatic N) is 1. The number of hydrogen-bond donors (Lipinski definition) is 1. The smallest absolute Gasteiger partial charge is 0.347 e. The van der Waals surface area contributed by atoms with Crippen molar-refractivity contribution in [2.75, 3.05) is 5.32 Å². The summed E-state index contributed by atoms with van der Waals surface area (Å²) in [6, 6.07) is 13.3. The molecular weight excluding hydrogens is 316 g/mol. The summed E-state index contributed by atoms with van der Waals surface area (Å²) < 4.78 is 11.3. The van der Waals surface area contributed by atoms with Gasteiger partial charge in [0.05, 0.1) is 5.56 Å². The average Bonchev–Trinajstić information content (AvgIpc) is 2.96. The molecule has 0 fully saturated rings. The first-order valence-electron chi connectivity index (χ1n) is 7.94. The molecule has 0 spiro atoms. The number of anilines is 2. The highest BCUT2D eigenvalue weighted by atomic mass is 16.4. The van der Waals surface area contributed by atoms with Crippen LogP contribution in [0, 0.1) is 13.8 Å². The molecule has 0 aliphatic rings. The Balaban J connectivity index is 1.99. The van der Waals surface area contributed by atoms with Crippen molar-refractivity contribution in [2.24, 2.45) is 0 Å². The zero-order valence-electron chi connectivity index (χ0n) is 13.9. The molecule has 0 saturated carbocycles. The topological polar surface area (TPSA) is 68.3 Å². The van der Waals surface area contributed by atoms with E-state index in [2.05, 4.69) is 10.3 Å². The van der Waals surface area contributed by atoms with Crippen LogP contribution in [0.25, 0.3) is 22.1 Å². The van der Waals surface area contributed by atoms with Gasteiger partial charge in [-0.2, -0.15) is 0 Å². The molecule has 124 valence electrons. The van der Waals surface area contributed by atoms with Crippen LogP contribution in [0.3, 0.4) is 0 Å². The zero-order chi connectivity index (χ0) is 17.4. The lowest BCUT2D eigenvalue weighted by Gasteiger charge is -2.08. The Labute approximate surface area is 143 Å². The summed E-state index contributed by atoms with van der Waals surface area (Å²) in [5.74, 6) is 1.02. The molecule has 0 aliphatic heterocycles. The van der Waals surface area contributed by atoms with E-state index in [9.17, 15) is 4.79 Å². The van der Waals surface area contributed by atoms with Gasteiger partial charge in [0.1, 0.15) is 16.7 Å². The molecule has 4 aromatic rings. The van der Waals surface area contributed by atoms with E-state index in [0.717, 1.165) is 16.8 Å². The summed E-state index contributed by atoms with van der Waals surface area (Å²) in [7, 11) is 0. The van der Waals surface area contributed by atoms with Gasteiger partial charge in [0.15, 0.2) is 0 Å². The first kappa shape index (κ1) is 15.2. The molecular formula is C20H16N2O3. The van der Waals surface area contributed by atoms with Crippen molar-refractivity contribution < 1.29 is 8.83 Å². The summed E-state index contributed by atoms with van der Waals surface area (Å²) in [4.78, 5) is 16.5. The minimum atomic E-state index is -0.414. The summed E-state index contributed by atoms with van der Waals surface area (Å²) in [5.41, 5.74) is 3.58. The van der Waals surface area contributed by atoms with Crippen molar-refractivity contribution in [2.45, 2.75) is 13.8 Å². The van der Waals surface area contributed by atoms with Gasteiger partial charge in [0.25, 0.3) is 0 Å². The molecule has 0 saturated heterocycles. The number of fused-ring (bicyclic) bond motifs is 1. The summed E-state index contributed by atoms with van der Waals surface area (Å²) >= 11 is 0. The lowest BCUT2D eigenvalue weighted by atomic mass is 10.1. The van der Waals surface area contributed by atoms with Crippen molar-refractivity contribution >= 4 is 22.5 Å². The van der Waals surface area contributed by atoms with Gasteiger partial charge in [0, 0.05) is 24.1 Å². The molecule has 5 nitrogen and oxygen atoms in total. The molecule has 0 atom stereocenters. The fraction of sp³-hybridized carbons (Fsp3) is 0.100. The fourth-order valence-electron chi connectivity index (χ4n) is 2.88. The van der Waals surface area contributed by atoms with Crippen LogP contribution in [-0.2, 0) is 0 Å². The number of aromatic nitrogens is 1. The van der Waals surface area contributed by atoms with Gasteiger partial charge >= 0.3 is 5.63 Å². The predicted octanol–water partition coefficient (Wildman–Crippen LogP) is 4.81. The van der Waals surface area contributed by atoms with Gasteiger partial charge in [-0.15, -0.1) is 0 Å². The third kappa shape index (κ3) is 2.70. The normalized spacial score (nSPS) is 11.0. The maximum atomic E-state index is 12.5. The Morgan fingerprint density at radius 2 is 1.76 bits per heavy atom. The predicted molar refractivity (Wildman–Crippen MR) is 97.2 cm³/mol. The van der Waals surface area contributed by atoms with Crippen molar-refractivity contribution in [3.63, 3.8) is 0 Å². The highest BCUT2D eigenvalue weighted by Gasteiger charge is 2.21. The Morgan fingerprint density at radius 3 is 2.52 bits per heavy atom.